The number of aromatic nitrogens is 4. The zero-order valence-corrected chi connectivity index (χ0v) is 18.0. The molecule has 13 heteroatoms. The molecule has 2 heterocycles. The maximum absolute atomic E-state index is 14.6. The quantitative estimate of drug-likeness (QED) is 0.365. The van der Waals surface area contributed by atoms with Gasteiger partial charge in [-0.2, -0.15) is 15.2 Å². The summed E-state index contributed by atoms with van der Waals surface area (Å²) in [5.74, 6) is -4.91. The predicted molar refractivity (Wildman–Crippen MR) is 119 cm³/mol. The van der Waals surface area contributed by atoms with Gasteiger partial charge in [-0.05, 0) is 30.7 Å². The van der Waals surface area contributed by atoms with Crippen LogP contribution in [0.1, 0.15) is 30.8 Å². The molecule has 0 amide bonds. The van der Waals surface area contributed by atoms with Crippen LogP contribution in [0.3, 0.4) is 0 Å². The smallest absolute Gasteiger partial charge is 0.269 e. The topological polar surface area (TPSA) is 149 Å². The van der Waals surface area contributed by atoms with Crippen LogP contribution in [0.15, 0.2) is 35.1 Å². The fraction of sp³-hybridized carbons (Fsp3) is 0.136. The Morgan fingerprint density at radius 1 is 1.06 bits per heavy atom. The van der Waals surface area contributed by atoms with Crippen molar-refractivity contribution in [1.82, 2.24) is 19.5 Å². The number of nitriles is 1. The van der Waals surface area contributed by atoms with Crippen molar-refractivity contribution in [2.75, 3.05) is 16.8 Å². The van der Waals surface area contributed by atoms with E-state index in [0.29, 0.717) is 6.07 Å². The van der Waals surface area contributed by atoms with Crippen LogP contribution < -0.4 is 22.3 Å². The molecular weight excluding hydrogens is 468 g/mol. The summed E-state index contributed by atoms with van der Waals surface area (Å²) in [7, 11) is 0. The molecule has 2 aromatic carbocycles. The van der Waals surface area contributed by atoms with Crippen molar-refractivity contribution in [2.24, 2.45) is 0 Å². The molecule has 0 fully saturated rings. The number of nitrogens with zero attached hydrogens (tertiary/aromatic N) is 5. The fourth-order valence-electron chi connectivity index (χ4n) is 3.61. The molecule has 0 aliphatic carbocycles. The van der Waals surface area contributed by atoms with E-state index in [-0.39, 0.29) is 41.1 Å². The van der Waals surface area contributed by atoms with E-state index in [4.69, 9.17) is 11.5 Å². The molecule has 2 aromatic heterocycles. The molecule has 0 bridgehead atoms. The van der Waals surface area contributed by atoms with Crippen LogP contribution in [0.2, 0.25) is 0 Å². The Morgan fingerprint density at radius 3 is 2.34 bits per heavy atom. The SMILES string of the molecule is CCC(Nc1nc(N)nc(N)c1C#N)c1nc2c(F)ccc(F)c2c(=O)n1-c1cc(F)cc(F)c1. The molecule has 5 N–H and O–H groups in total. The van der Waals surface area contributed by atoms with Crippen molar-refractivity contribution in [2.45, 2.75) is 19.4 Å². The second kappa shape index (κ2) is 8.90. The van der Waals surface area contributed by atoms with Crippen LogP contribution in [0, 0.1) is 34.6 Å². The molecule has 1 atom stereocenters. The van der Waals surface area contributed by atoms with Gasteiger partial charge in [-0.3, -0.25) is 9.36 Å². The summed E-state index contributed by atoms with van der Waals surface area (Å²) in [4.78, 5) is 25.2. The second-order valence-electron chi connectivity index (χ2n) is 7.40. The van der Waals surface area contributed by atoms with Crippen molar-refractivity contribution in [3.05, 3.63) is 75.3 Å². The molecule has 178 valence electrons. The molecule has 35 heavy (non-hydrogen) atoms. The van der Waals surface area contributed by atoms with E-state index in [1.807, 2.05) is 6.07 Å². The predicted octanol–water partition coefficient (Wildman–Crippen LogP) is 3.33. The van der Waals surface area contributed by atoms with Gasteiger partial charge in [-0.15, -0.1) is 0 Å². The summed E-state index contributed by atoms with van der Waals surface area (Å²) in [5, 5.41) is 11.6. The standard InChI is InChI=1S/C22H16F4N8O/c1-2-15(30-19-12(8-27)18(28)32-22(29)33-19)20-31-17-14(26)4-3-13(25)16(17)21(35)34(20)11-6-9(23)5-10(24)7-11/h3-7,15H,2H2,1H3,(H5,28,29,30,32,33). The number of halogens is 4. The summed E-state index contributed by atoms with van der Waals surface area (Å²) in [6.07, 6.45) is 0.140. The zero-order valence-electron chi connectivity index (χ0n) is 18.0. The maximum Gasteiger partial charge on any atom is 0.269 e. The van der Waals surface area contributed by atoms with Crippen molar-refractivity contribution >= 4 is 28.5 Å². The summed E-state index contributed by atoms with van der Waals surface area (Å²) >= 11 is 0. The first-order valence-corrected chi connectivity index (χ1v) is 10.1. The normalized spacial score (nSPS) is 11.9. The van der Waals surface area contributed by atoms with Gasteiger partial charge in [0.25, 0.3) is 5.56 Å². The fourth-order valence-corrected chi connectivity index (χ4v) is 3.61. The molecule has 4 aromatic rings. The van der Waals surface area contributed by atoms with Gasteiger partial charge in [-0.25, -0.2) is 22.5 Å². The van der Waals surface area contributed by atoms with Crippen molar-refractivity contribution in [3.8, 4) is 11.8 Å². The molecule has 0 radical (unpaired) electrons. The van der Waals surface area contributed by atoms with Crippen LogP contribution in [0.4, 0.5) is 35.1 Å². The van der Waals surface area contributed by atoms with E-state index in [2.05, 4.69) is 20.3 Å². The number of nitrogens with two attached hydrogens (primary N) is 2. The van der Waals surface area contributed by atoms with E-state index in [1.165, 1.54) is 0 Å². The van der Waals surface area contributed by atoms with Crippen LogP contribution in [-0.2, 0) is 0 Å². The van der Waals surface area contributed by atoms with Crippen molar-refractivity contribution in [1.29, 1.82) is 5.26 Å². The number of nitrogen functional groups attached to an aromatic ring is 2. The molecule has 4 rings (SSSR count). The Morgan fingerprint density at radius 2 is 1.71 bits per heavy atom. The number of anilines is 3. The lowest BCUT2D eigenvalue weighted by Gasteiger charge is -2.23. The van der Waals surface area contributed by atoms with Gasteiger partial charge in [-0.1, -0.05) is 6.92 Å². The minimum atomic E-state index is -1.10. The van der Waals surface area contributed by atoms with Gasteiger partial charge in [0, 0.05) is 6.07 Å². The number of rotatable bonds is 5. The Kier molecular flexibility index (Phi) is 5.96. The van der Waals surface area contributed by atoms with Gasteiger partial charge < -0.3 is 16.8 Å². The Bertz CT molecular complexity index is 1560. The first kappa shape index (κ1) is 23.4. The Labute approximate surface area is 194 Å². The number of benzene rings is 2. The molecular formula is C22H16F4N8O. The molecule has 9 nitrogen and oxygen atoms in total. The van der Waals surface area contributed by atoms with E-state index in [9.17, 15) is 27.6 Å². The average Bonchev–Trinajstić information content (AvgIpc) is 2.78. The average molecular weight is 484 g/mol. The third-order valence-electron chi connectivity index (χ3n) is 5.15. The minimum absolute atomic E-state index is 0.115. The lowest BCUT2D eigenvalue weighted by Crippen LogP contribution is -2.29. The Hall–Kier alpha value is -4.73. The highest BCUT2D eigenvalue weighted by atomic mass is 19.1. The van der Waals surface area contributed by atoms with E-state index >= 15 is 0 Å². The lowest BCUT2D eigenvalue weighted by atomic mass is 10.1. The third-order valence-corrected chi connectivity index (χ3v) is 5.15. The van der Waals surface area contributed by atoms with Crippen molar-refractivity contribution < 1.29 is 17.6 Å². The molecule has 1 unspecified atom stereocenters. The monoisotopic (exact) mass is 484 g/mol. The van der Waals surface area contributed by atoms with Crippen molar-refractivity contribution in [3.63, 3.8) is 0 Å². The van der Waals surface area contributed by atoms with Gasteiger partial charge in [0.1, 0.15) is 57.4 Å². The Balaban J connectivity index is 2.04. The molecule has 0 aliphatic heterocycles. The van der Waals surface area contributed by atoms with E-state index in [0.717, 1.165) is 28.8 Å². The van der Waals surface area contributed by atoms with Gasteiger partial charge in [0.05, 0.1) is 11.7 Å². The highest BCUT2D eigenvalue weighted by molar-refractivity contribution is 5.79. The van der Waals surface area contributed by atoms with E-state index in [1.54, 1.807) is 6.92 Å². The highest BCUT2D eigenvalue weighted by Crippen LogP contribution is 2.28. The van der Waals surface area contributed by atoms with Crippen LogP contribution in [-0.4, -0.2) is 19.5 Å². The number of fused-ring (bicyclic) bond motifs is 1. The van der Waals surface area contributed by atoms with Crippen LogP contribution in [0.5, 0.6) is 0 Å². The summed E-state index contributed by atoms with van der Waals surface area (Å²) < 4.78 is 58.0. The number of hydrogen-bond acceptors (Lipinski definition) is 8. The summed E-state index contributed by atoms with van der Waals surface area (Å²) in [5.41, 5.74) is 9.20. The maximum atomic E-state index is 14.6. The lowest BCUT2D eigenvalue weighted by molar-refractivity contribution is 0.577. The largest absolute Gasteiger partial charge is 0.382 e. The van der Waals surface area contributed by atoms with Gasteiger partial charge in [0.15, 0.2) is 5.82 Å². The highest BCUT2D eigenvalue weighted by Gasteiger charge is 2.25. The summed E-state index contributed by atoms with van der Waals surface area (Å²) in [6, 6.07) is 4.63. The minimum Gasteiger partial charge on any atom is -0.382 e. The molecule has 0 aliphatic rings. The van der Waals surface area contributed by atoms with Crippen LogP contribution >= 0.6 is 0 Å². The van der Waals surface area contributed by atoms with Gasteiger partial charge in [0.2, 0.25) is 5.95 Å². The molecule has 0 saturated carbocycles. The first-order chi connectivity index (χ1) is 16.6. The number of nitrogens with one attached hydrogen (secondary N) is 1. The second-order valence-corrected chi connectivity index (χ2v) is 7.40. The third kappa shape index (κ3) is 4.17. The molecule has 0 saturated heterocycles. The summed E-state index contributed by atoms with van der Waals surface area (Å²) in [6.45, 7) is 1.65. The first-order valence-electron chi connectivity index (χ1n) is 10.1. The molecule has 0 spiro atoms. The number of hydrogen-bond donors (Lipinski definition) is 3. The van der Waals surface area contributed by atoms with Gasteiger partial charge >= 0.3 is 0 Å². The van der Waals surface area contributed by atoms with Crippen LogP contribution in [0.25, 0.3) is 16.6 Å². The zero-order chi connectivity index (χ0) is 25.4. The van der Waals surface area contributed by atoms with E-state index < -0.39 is 45.8 Å².